The molecule has 184 valence electrons. The lowest BCUT2D eigenvalue weighted by Gasteiger charge is -2.28. The second-order valence-corrected chi connectivity index (χ2v) is 9.41. The first kappa shape index (κ1) is 23.7. The van der Waals surface area contributed by atoms with E-state index in [9.17, 15) is 9.59 Å². The normalized spacial score (nSPS) is 15.8. The van der Waals surface area contributed by atoms with Crippen LogP contribution in [0.2, 0.25) is 0 Å². The summed E-state index contributed by atoms with van der Waals surface area (Å²) in [7, 11) is 0. The van der Waals surface area contributed by atoms with Crippen molar-refractivity contribution in [3.63, 3.8) is 0 Å². The smallest absolute Gasteiger partial charge is 0.258 e. The molecule has 4 aromatic rings. The number of H-pyrrole nitrogens is 1. The Morgan fingerprint density at radius 3 is 2.64 bits per heavy atom. The number of carbonyl (C=O) groups excluding carboxylic acids is 1. The van der Waals surface area contributed by atoms with Gasteiger partial charge in [0.05, 0.1) is 36.0 Å². The average Bonchev–Trinajstić information content (AvgIpc) is 3.54. The minimum Gasteiger partial charge on any atom is -0.467 e. The fraction of sp³-hybridized carbons (Fsp3) is 0.286. The number of aromatic nitrogens is 2. The van der Waals surface area contributed by atoms with E-state index in [0.717, 1.165) is 11.3 Å². The van der Waals surface area contributed by atoms with Crippen LogP contribution >= 0.6 is 0 Å². The third-order valence-corrected chi connectivity index (χ3v) is 6.51. The van der Waals surface area contributed by atoms with E-state index in [1.807, 2.05) is 80.3 Å². The van der Waals surface area contributed by atoms with Gasteiger partial charge in [-0.05, 0) is 50.6 Å². The van der Waals surface area contributed by atoms with Crippen LogP contribution in [0.5, 0.6) is 0 Å². The van der Waals surface area contributed by atoms with Gasteiger partial charge in [-0.15, -0.1) is 0 Å². The van der Waals surface area contributed by atoms with Crippen LogP contribution < -0.4 is 5.56 Å². The van der Waals surface area contributed by atoms with Gasteiger partial charge >= 0.3 is 0 Å². The number of carbonyl (C=O) groups is 1. The number of aryl methyl sites for hydroxylation is 1. The van der Waals surface area contributed by atoms with Crippen LogP contribution in [0.1, 0.15) is 49.0 Å². The van der Waals surface area contributed by atoms with Gasteiger partial charge in [-0.1, -0.05) is 42.0 Å². The second kappa shape index (κ2) is 9.91. The first-order chi connectivity index (χ1) is 17.4. The van der Waals surface area contributed by atoms with Gasteiger partial charge in [0.15, 0.2) is 0 Å². The first-order valence-electron chi connectivity index (χ1n) is 12.1. The van der Waals surface area contributed by atoms with Crippen molar-refractivity contribution in [2.24, 2.45) is 5.10 Å². The summed E-state index contributed by atoms with van der Waals surface area (Å²) in [4.78, 5) is 35.6. The SMILES string of the molecule is Cc1ccc(C2=NN(C(=O)CN(Cc3nc4ccccc4c(=O)[nH]3)C(C)C)C(c3ccco3)C2)cc1. The third-order valence-electron chi connectivity index (χ3n) is 6.51. The molecule has 0 saturated heterocycles. The number of hydrogen-bond donors (Lipinski definition) is 1. The molecule has 1 atom stereocenters. The molecule has 3 heterocycles. The Morgan fingerprint density at radius 2 is 1.92 bits per heavy atom. The molecule has 2 aromatic heterocycles. The molecule has 1 unspecified atom stereocenters. The van der Waals surface area contributed by atoms with Gasteiger partial charge in [0.25, 0.3) is 11.5 Å². The number of fused-ring (bicyclic) bond motifs is 1. The Hall–Kier alpha value is -4.04. The molecule has 2 aromatic carbocycles. The molecule has 1 aliphatic heterocycles. The van der Waals surface area contributed by atoms with Crippen LogP contribution in [0, 0.1) is 6.92 Å². The van der Waals surface area contributed by atoms with E-state index < -0.39 is 0 Å². The lowest BCUT2D eigenvalue weighted by atomic mass is 10.0. The van der Waals surface area contributed by atoms with E-state index >= 15 is 0 Å². The summed E-state index contributed by atoms with van der Waals surface area (Å²) in [5.41, 5.74) is 3.46. The minimum atomic E-state index is -0.309. The van der Waals surface area contributed by atoms with Crippen molar-refractivity contribution in [2.45, 2.75) is 45.8 Å². The van der Waals surface area contributed by atoms with Gasteiger partial charge in [0, 0.05) is 12.5 Å². The summed E-state index contributed by atoms with van der Waals surface area (Å²) in [6.07, 6.45) is 2.19. The van der Waals surface area contributed by atoms with E-state index in [2.05, 4.69) is 9.97 Å². The number of furan rings is 1. The highest BCUT2D eigenvalue weighted by atomic mass is 16.3. The Balaban J connectivity index is 1.40. The molecule has 36 heavy (non-hydrogen) atoms. The van der Waals surface area contributed by atoms with Gasteiger partial charge in [0.1, 0.15) is 17.6 Å². The van der Waals surface area contributed by atoms with E-state index in [0.29, 0.717) is 35.5 Å². The van der Waals surface area contributed by atoms with Gasteiger partial charge in [-0.2, -0.15) is 5.10 Å². The summed E-state index contributed by atoms with van der Waals surface area (Å²) < 4.78 is 5.67. The molecule has 0 fully saturated rings. The van der Waals surface area contributed by atoms with E-state index in [-0.39, 0.29) is 30.1 Å². The number of nitrogens with zero attached hydrogens (tertiary/aromatic N) is 4. The Kier molecular flexibility index (Phi) is 6.52. The number of nitrogens with one attached hydrogen (secondary N) is 1. The molecule has 8 heteroatoms. The van der Waals surface area contributed by atoms with Crippen LogP contribution in [0.25, 0.3) is 10.9 Å². The van der Waals surface area contributed by atoms with Crippen molar-refractivity contribution in [1.82, 2.24) is 19.9 Å². The van der Waals surface area contributed by atoms with Crippen LogP contribution in [-0.4, -0.2) is 44.1 Å². The van der Waals surface area contributed by atoms with Crippen LogP contribution in [0.15, 0.2) is 81.2 Å². The molecule has 0 radical (unpaired) electrons. The highest BCUT2D eigenvalue weighted by Gasteiger charge is 2.35. The summed E-state index contributed by atoms with van der Waals surface area (Å²) in [5.74, 6) is 1.08. The lowest BCUT2D eigenvalue weighted by Crippen LogP contribution is -2.41. The summed E-state index contributed by atoms with van der Waals surface area (Å²) in [5, 5.41) is 6.83. The highest BCUT2D eigenvalue weighted by Crippen LogP contribution is 2.33. The number of para-hydroxylation sites is 1. The van der Waals surface area contributed by atoms with Gasteiger partial charge in [-0.3, -0.25) is 14.5 Å². The minimum absolute atomic E-state index is 0.0379. The Morgan fingerprint density at radius 1 is 1.14 bits per heavy atom. The fourth-order valence-electron chi connectivity index (χ4n) is 4.43. The van der Waals surface area contributed by atoms with Crippen molar-refractivity contribution in [1.29, 1.82) is 0 Å². The molecule has 0 saturated carbocycles. The number of aromatic amines is 1. The molecular formula is C28H29N5O3. The number of rotatable bonds is 7. The van der Waals surface area contributed by atoms with E-state index in [4.69, 9.17) is 9.52 Å². The number of benzene rings is 2. The molecule has 1 aliphatic rings. The molecular weight excluding hydrogens is 454 g/mol. The maximum atomic E-state index is 13.6. The predicted octanol–water partition coefficient (Wildman–Crippen LogP) is 4.41. The van der Waals surface area contributed by atoms with E-state index in [1.165, 1.54) is 5.56 Å². The van der Waals surface area contributed by atoms with Gasteiger partial charge < -0.3 is 9.40 Å². The zero-order chi connectivity index (χ0) is 25.2. The first-order valence-corrected chi connectivity index (χ1v) is 12.1. The lowest BCUT2D eigenvalue weighted by molar-refractivity contribution is -0.135. The third kappa shape index (κ3) is 4.85. The predicted molar refractivity (Wildman–Crippen MR) is 139 cm³/mol. The highest BCUT2D eigenvalue weighted by molar-refractivity contribution is 6.03. The Labute approximate surface area is 209 Å². The number of hydrazone groups is 1. The molecule has 8 nitrogen and oxygen atoms in total. The molecule has 1 amide bonds. The maximum absolute atomic E-state index is 13.6. The second-order valence-electron chi connectivity index (χ2n) is 9.41. The maximum Gasteiger partial charge on any atom is 0.258 e. The quantitative estimate of drug-likeness (QED) is 0.420. The largest absolute Gasteiger partial charge is 0.467 e. The zero-order valence-corrected chi connectivity index (χ0v) is 20.6. The monoisotopic (exact) mass is 483 g/mol. The van der Waals surface area contributed by atoms with Crippen molar-refractivity contribution in [3.05, 3.63) is 100.0 Å². The number of amides is 1. The molecule has 5 rings (SSSR count). The topological polar surface area (TPSA) is 94.8 Å². The summed E-state index contributed by atoms with van der Waals surface area (Å²) in [6.45, 7) is 6.52. The zero-order valence-electron chi connectivity index (χ0n) is 20.6. The van der Waals surface area contributed by atoms with Crippen LogP contribution in [-0.2, 0) is 11.3 Å². The Bertz CT molecular complexity index is 1450. The van der Waals surface area contributed by atoms with Crippen molar-refractivity contribution in [2.75, 3.05) is 6.54 Å². The van der Waals surface area contributed by atoms with Crippen LogP contribution in [0.3, 0.4) is 0 Å². The van der Waals surface area contributed by atoms with Gasteiger partial charge in [0.2, 0.25) is 0 Å². The van der Waals surface area contributed by atoms with Crippen LogP contribution in [0.4, 0.5) is 0 Å². The summed E-state index contributed by atoms with van der Waals surface area (Å²) in [6, 6.07) is 18.8. The standard InChI is InChI=1S/C28H29N5O3/c1-18(2)32(16-26-29-22-8-5-4-7-21(22)28(35)30-26)17-27(34)33-24(25-9-6-14-36-25)15-23(31-33)20-12-10-19(3)11-13-20/h4-14,18,24H,15-17H2,1-3H3,(H,29,30,35). The van der Waals surface area contributed by atoms with E-state index in [1.54, 1.807) is 17.3 Å². The summed E-state index contributed by atoms with van der Waals surface area (Å²) >= 11 is 0. The molecule has 0 bridgehead atoms. The van der Waals surface area contributed by atoms with Crippen molar-refractivity contribution in [3.8, 4) is 0 Å². The van der Waals surface area contributed by atoms with Crippen molar-refractivity contribution < 1.29 is 9.21 Å². The molecule has 1 N–H and O–H groups in total. The van der Waals surface area contributed by atoms with Gasteiger partial charge in [-0.25, -0.2) is 9.99 Å². The fourth-order valence-corrected chi connectivity index (χ4v) is 4.43. The number of hydrogen-bond acceptors (Lipinski definition) is 6. The molecule has 0 aliphatic carbocycles. The molecule has 0 spiro atoms. The van der Waals surface area contributed by atoms with Crippen molar-refractivity contribution >= 4 is 22.5 Å². The average molecular weight is 484 g/mol.